The van der Waals surface area contributed by atoms with Gasteiger partial charge in [0.05, 0.1) is 5.92 Å². The highest BCUT2D eigenvalue weighted by Crippen LogP contribution is 2.24. The molecule has 2 aliphatic rings. The molecule has 0 aliphatic carbocycles. The summed E-state index contributed by atoms with van der Waals surface area (Å²) in [4.78, 5) is 25.1. The second kappa shape index (κ2) is 7.07. The number of carboxylic acid groups (broad SMARTS) is 1. The van der Waals surface area contributed by atoms with Crippen molar-refractivity contribution < 1.29 is 14.7 Å². The van der Waals surface area contributed by atoms with Crippen molar-refractivity contribution in [1.82, 2.24) is 10.2 Å². The van der Waals surface area contributed by atoms with E-state index in [0.29, 0.717) is 31.2 Å². The highest BCUT2D eigenvalue weighted by Gasteiger charge is 2.30. The highest BCUT2D eigenvalue weighted by molar-refractivity contribution is 5.78. The van der Waals surface area contributed by atoms with Crippen LogP contribution in [0.2, 0.25) is 0 Å². The molecule has 0 spiro atoms. The van der Waals surface area contributed by atoms with Gasteiger partial charge in [0.25, 0.3) is 0 Å². The molecule has 1 amide bonds. The molecule has 0 saturated carbocycles. The maximum absolute atomic E-state index is 12.3. The first-order valence-electron chi connectivity index (χ1n) is 7.79. The summed E-state index contributed by atoms with van der Waals surface area (Å²) in [7, 11) is 0. The minimum atomic E-state index is -0.771. The molecule has 2 aliphatic heterocycles. The van der Waals surface area contributed by atoms with Crippen LogP contribution in [0.3, 0.4) is 0 Å². The summed E-state index contributed by atoms with van der Waals surface area (Å²) in [6.07, 6.45) is 4.44. The van der Waals surface area contributed by atoms with Crippen molar-refractivity contribution in [1.29, 1.82) is 0 Å². The van der Waals surface area contributed by atoms with E-state index in [9.17, 15) is 9.59 Å². The number of amides is 1. The molecule has 0 aromatic carbocycles. The number of hydrogen-bond donors (Lipinski definition) is 2. The molecule has 2 rings (SSSR count). The normalized spacial score (nSPS) is 28.9. The first-order valence-corrected chi connectivity index (χ1v) is 7.79. The predicted octanol–water partition coefficient (Wildman–Crippen LogP) is 1.34. The standard InChI is InChI=1S/C15H26N2O3/c1-11(12-4-2-6-16-9-12)8-14(18)17-7-3-5-13(10-17)15(19)20/h11-13,16H,2-10H2,1H3,(H,19,20)/t11?,12?,13-/m0/s1. The lowest BCUT2D eigenvalue weighted by Crippen LogP contribution is -2.43. The van der Waals surface area contributed by atoms with Crippen LogP contribution < -0.4 is 5.32 Å². The van der Waals surface area contributed by atoms with Gasteiger partial charge in [-0.25, -0.2) is 0 Å². The van der Waals surface area contributed by atoms with E-state index in [4.69, 9.17) is 5.11 Å². The summed E-state index contributed by atoms with van der Waals surface area (Å²) in [6, 6.07) is 0. The topological polar surface area (TPSA) is 69.6 Å². The van der Waals surface area contributed by atoms with Crippen LogP contribution in [0.15, 0.2) is 0 Å². The zero-order valence-corrected chi connectivity index (χ0v) is 12.3. The Balaban J connectivity index is 1.82. The van der Waals surface area contributed by atoms with Crippen LogP contribution in [0.25, 0.3) is 0 Å². The average molecular weight is 282 g/mol. The fourth-order valence-corrected chi connectivity index (χ4v) is 3.34. The molecule has 0 aromatic heterocycles. The Hall–Kier alpha value is -1.10. The zero-order chi connectivity index (χ0) is 14.5. The average Bonchev–Trinajstić information content (AvgIpc) is 2.48. The highest BCUT2D eigenvalue weighted by atomic mass is 16.4. The summed E-state index contributed by atoms with van der Waals surface area (Å²) in [5.41, 5.74) is 0. The quantitative estimate of drug-likeness (QED) is 0.816. The molecule has 0 aromatic rings. The van der Waals surface area contributed by atoms with Gasteiger partial charge < -0.3 is 15.3 Å². The number of nitrogens with zero attached hydrogens (tertiary/aromatic N) is 1. The van der Waals surface area contributed by atoms with Gasteiger partial charge in [-0.05, 0) is 50.6 Å². The summed E-state index contributed by atoms with van der Waals surface area (Å²) in [5.74, 6) is -0.0614. The number of piperidine rings is 2. The van der Waals surface area contributed by atoms with Crippen LogP contribution in [0.4, 0.5) is 0 Å². The second-order valence-electron chi connectivity index (χ2n) is 6.30. The smallest absolute Gasteiger partial charge is 0.308 e. The molecule has 5 heteroatoms. The molecule has 2 heterocycles. The minimum Gasteiger partial charge on any atom is -0.481 e. The van der Waals surface area contributed by atoms with Crippen LogP contribution in [-0.2, 0) is 9.59 Å². The first-order chi connectivity index (χ1) is 9.58. The molecule has 2 saturated heterocycles. The summed E-state index contributed by atoms with van der Waals surface area (Å²) < 4.78 is 0. The molecule has 2 unspecified atom stereocenters. The van der Waals surface area contributed by atoms with Crippen molar-refractivity contribution in [2.24, 2.45) is 17.8 Å². The van der Waals surface area contributed by atoms with Gasteiger partial charge >= 0.3 is 5.97 Å². The molecule has 5 nitrogen and oxygen atoms in total. The number of carbonyl (C=O) groups is 2. The van der Waals surface area contributed by atoms with Gasteiger partial charge in [-0.3, -0.25) is 9.59 Å². The molecule has 2 N–H and O–H groups in total. The number of carbonyl (C=O) groups excluding carboxylic acids is 1. The van der Waals surface area contributed by atoms with E-state index in [1.807, 2.05) is 0 Å². The summed E-state index contributed by atoms with van der Waals surface area (Å²) >= 11 is 0. The van der Waals surface area contributed by atoms with E-state index in [1.54, 1.807) is 4.90 Å². The zero-order valence-electron chi connectivity index (χ0n) is 12.3. The Morgan fingerprint density at radius 3 is 2.80 bits per heavy atom. The van der Waals surface area contributed by atoms with Crippen molar-refractivity contribution in [3.8, 4) is 0 Å². The number of rotatable bonds is 4. The van der Waals surface area contributed by atoms with E-state index in [-0.39, 0.29) is 11.8 Å². The molecule has 2 fully saturated rings. The molecular formula is C15H26N2O3. The maximum atomic E-state index is 12.3. The van der Waals surface area contributed by atoms with Crippen molar-refractivity contribution in [2.75, 3.05) is 26.2 Å². The van der Waals surface area contributed by atoms with E-state index in [1.165, 1.54) is 12.8 Å². The first kappa shape index (κ1) is 15.3. The number of nitrogens with one attached hydrogen (secondary N) is 1. The molecule has 0 bridgehead atoms. The number of likely N-dealkylation sites (tertiary alicyclic amines) is 1. The van der Waals surface area contributed by atoms with Crippen LogP contribution in [0.1, 0.15) is 39.0 Å². The van der Waals surface area contributed by atoms with Crippen LogP contribution in [0, 0.1) is 17.8 Å². The fourth-order valence-electron chi connectivity index (χ4n) is 3.34. The number of hydrogen-bond acceptors (Lipinski definition) is 3. The lowest BCUT2D eigenvalue weighted by atomic mass is 9.85. The largest absolute Gasteiger partial charge is 0.481 e. The number of carboxylic acids is 1. The summed E-state index contributed by atoms with van der Waals surface area (Å²) in [6.45, 7) is 5.35. The Bertz CT molecular complexity index is 353. The van der Waals surface area contributed by atoms with Crippen molar-refractivity contribution >= 4 is 11.9 Å². The third kappa shape index (κ3) is 3.95. The van der Waals surface area contributed by atoms with Crippen LogP contribution in [0.5, 0.6) is 0 Å². The van der Waals surface area contributed by atoms with Crippen LogP contribution >= 0.6 is 0 Å². The molecule has 3 atom stereocenters. The Kier molecular flexibility index (Phi) is 5.40. The van der Waals surface area contributed by atoms with Crippen LogP contribution in [-0.4, -0.2) is 48.1 Å². The Labute approximate surface area is 120 Å². The lowest BCUT2D eigenvalue weighted by Gasteiger charge is -2.33. The van der Waals surface area contributed by atoms with Gasteiger partial charge in [0.2, 0.25) is 5.91 Å². The number of aliphatic carboxylic acids is 1. The fraction of sp³-hybridized carbons (Fsp3) is 0.867. The van der Waals surface area contributed by atoms with Gasteiger partial charge in [-0.2, -0.15) is 0 Å². The van der Waals surface area contributed by atoms with Crippen molar-refractivity contribution in [3.63, 3.8) is 0 Å². The Morgan fingerprint density at radius 2 is 2.15 bits per heavy atom. The maximum Gasteiger partial charge on any atom is 0.308 e. The van der Waals surface area contributed by atoms with Gasteiger partial charge in [0.1, 0.15) is 0 Å². The molecular weight excluding hydrogens is 256 g/mol. The predicted molar refractivity (Wildman–Crippen MR) is 76.3 cm³/mol. The van der Waals surface area contributed by atoms with Gasteiger partial charge in [0.15, 0.2) is 0 Å². The minimum absolute atomic E-state index is 0.133. The van der Waals surface area contributed by atoms with E-state index in [2.05, 4.69) is 12.2 Å². The third-order valence-electron chi connectivity index (χ3n) is 4.76. The van der Waals surface area contributed by atoms with Crippen molar-refractivity contribution in [3.05, 3.63) is 0 Å². The van der Waals surface area contributed by atoms with E-state index in [0.717, 1.165) is 26.1 Å². The third-order valence-corrected chi connectivity index (χ3v) is 4.76. The van der Waals surface area contributed by atoms with Gasteiger partial charge in [0, 0.05) is 19.5 Å². The van der Waals surface area contributed by atoms with E-state index < -0.39 is 5.97 Å². The second-order valence-corrected chi connectivity index (χ2v) is 6.30. The molecule has 0 radical (unpaired) electrons. The SMILES string of the molecule is CC(CC(=O)N1CCC[C@H](C(=O)O)C1)C1CCCNC1. The monoisotopic (exact) mass is 282 g/mol. The van der Waals surface area contributed by atoms with Crippen molar-refractivity contribution in [2.45, 2.75) is 39.0 Å². The lowest BCUT2D eigenvalue weighted by molar-refractivity contribution is -0.146. The van der Waals surface area contributed by atoms with Gasteiger partial charge in [-0.1, -0.05) is 6.92 Å². The Morgan fingerprint density at radius 1 is 1.35 bits per heavy atom. The molecule has 114 valence electrons. The summed E-state index contributed by atoms with van der Waals surface area (Å²) in [5, 5.41) is 12.5. The molecule has 20 heavy (non-hydrogen) atoms. The van der Waals surface area contributed by atoms with Gasteiger partial charge in [-0.15, -0.1) is 0 Å². The van der Waals surface area contributed by atoms with E-state index >= 15 is 0 Å².